The monoisotopic (exact) mass is 395 g/mol. The molecule has 148 valence electrons. The number of amides is 2. The summed E-state index contributed by atoms with van der Waals surface area (Å²) < 4.78 is 10.3. The van der Waals surface area contributed by atoms with E-state index in [2.05, 4.69) is 10.6 Å². The number of nitro groups is 1. The van der Waals surface area contributed by atoms with Crippen molar-refractivity contribution >= 4 is 23.2 Å². The zero-order valence-electron chi connectivity index (χ0n) is 15.2. The number of nitro benzene ring substituents is 1. The summed E-state index contributed by atoms with van der Waals surface area (Å²) in [6.07, 6.45) is 1.41. The summed E-state index contributed by atoms with van der Waals surface area (Å²) in [5, 5.41) is 16.1. The second kappa shape index (κ2) is 9.18. The van der Waals surface area contributed by atoms with Gasteiger partial charge in [0.15, 0.2) is 12.4 Å². The number of rotatable bonds is 8. The summed E-state index contributed by atoms with van der Waals surface area (Å²) in [5.41, 5.74) is 1.22. The van der Waals surface area contributed by atoms with Crippen LogP contribution in [0.25, 0.3) is 0 Å². The van der Waals surface area contributed by atoms with Crippen molar-refractivity contribution in [1.82, 2.24) is 5.32 Å². The predicted octanol–water partition coefficient (Wildman–Crippen LogP) is 3.14. The highest BCUT2D eigenvalue weighted by Crippen LogP contribution is 2.19. The van der Waals surface area contributed by atoms with Crippen LogP contribution in [0.15, 0.2) is 71.3 Å². The van der Waals surface area contributed by atoms with Gasteiger partial charge in [0.1, 0.15) is 5.75 Å². The molecule has 0 aliphatic heterocycles. The van der Waals surface area contributed by atoms with E-state index >= 15 is 0 Å². The van der Waals surface area contributed by atoms with E-state index in [1.807, 2.05) is 0 Å². The molecule has 0 atom stereocenters. The number of carbonyl (C=O) groups excluding carboxylic acids is 2. The Hall–Kier alpha value is -4.14. The van der Waals surface area contributed by atoms with E-state index in [1.54, 1.807) is 36.4 Å². The lowest BCUT2D eigenvalue weighted by atomic mass is 10.2. The highest BCUT2D eigenvalue weighted by Gasteiger charge is 2.10. The Morgan fingerprint density at radius 2 is 1.90 bits per heavy atom. The normalized spacial score (nSPS) is 10.2. The fraction of sp³-hybridized carbons (Fsp3) is 0.100. The molecule has 29 heavy (non-hydrogen) atoms. The van der Waals surface area contributed by atoms with Gasteiger partial charge in [-0.25, -0.2) is 0 Å². The van der Waals surface area contributed by atoms with E-state index in [1.165, 1.54) is 30.5 Å². The van der Waals surface area contributed by atoms with Gasteiger partial charge in [-0.1, -0.05) is 18.2 Å². The summed E-state index contributed by atoms with van der Waals surface area (Å²) in [6.45, 7) is -0.0579. The van der Waals surface area contributed by atoms with Crippen LogP contribution in [0.4, 0.5) is 11.4 Å². The Morgan fingerprint density at radius 3 is 2.66 bits per heavy atom. The van der Waals surface area contributed by atoms with Crippen LogP contribution >= 0.6 is 0 Å². The molecule has 0 unspecified atom stereocenters. The van der Waals surface area contributed by atoms with Gasteiger partial charge >= 0.3 is 0 Å². The molecule has 3 aromatic rings. The lowest BCUT2D eigenvalue weighted by molar-refractivity contribution is -0.384. The minimum atomic E-state index is -0.537. The molecule has 9 heteroatoms. The molecule has 0 aliphatic rings. The second-order valence-electron chi connectivity index (χ2n) is 5.95. The van der Waals surface area contributed by atoms with Gasteiger partial charge in [-0.05, 0) is 35.9 Å². The maximum atomic E-state index is 12.0. The van der Waals surface area contributed by atoms with E-state index in [0.29, 0.717) is 5.69 Å². The molecular weight excluding hydrogens is 378 g/mol. The molecule has 9 nitrogen and oxygen atoms in total. The van der Waals surface area contributed by atoms with Gasteiger partial charge in [0, 0.05) is 18.3 Å². The number of anilines is 1. The molecule has 0 saturated heterocycles. The summed E-state index contributed by atoms with van der Waals surface area (Å²) in [7, 11) is 0. The number of nitrogens with one attached hydrogen (secondary N) is 2. The van der Waals surface area contributed by atoms with Gasteiger partial charge in [-0.3, -0.25) is 19.7 Å². The molecule has 0 fully saturated rings. The number of nitrogens with zero attached hydrogens (tertiary/aromatic N) is 1. The largest absolute Gasteiger partial charge is 0.484 e. The Labute approximate surface area is 165 Å². The number of ether oxygens (including phenoxy) is 1. The van der Waals surface area contributed by atoms with Crippen molar-refractivity contribution in [3.05, 3.63) is 88.4 Å². The van der Waals surface area contributed by atoms with Crippen LogP contribution in [0.1, 0.15) is 16.1 Å². The minimum absolute atomic E-state index is 0.115. The summed E-state index contributed by atoms with van der Waals surface area (Å²) in [6, 6.07) is 15.8. The Kier molecular flexibility index (Phi) is 6.21. The van der Waals surface area contributed by atoms with Gasteiger partial charge in [0.25, 0.3) is 17.5 Å². The standard InChI is InChI=1S/C20H17N3O6/c24-19(13-29-17-7-2-6-16(11-17)23(26)27)21-12-14-4-1-5-15(10-14)22-20(25)18-8-3-9-28-18/h1-11H,12-13H2,(H,21,24)(H,22,25). The third kappa shape index (κ3) is 5.67. The molecule has 0 radical (unpaired) electrons. The quantitative estimate of drug-likeness (QED) is 0.446. The van der Waals surface area contributed by atoms with Crippen LogP contribution < -0.4 is 15.4 Å². The first-order valence-electron chi connectivity index (χ1n) is 8.59. The van der Waals surface area contributed by atoms with Crippen molar-refractivity contribution in [2.24, 2.45) is 0 Å². The summed E-state index contributed by atoms with van der Waals surface area (Å²) in [4.78, 5) is 34.2. The van der Waals surface area contributed by atoms with Gasteiger partial charge in [-0.15, -0.1) is 0 Å². The number of furan rings is 1. The predicted molar refractivity (Wildman–Crippen MR) is 104 cm³/mol. The molecule has 2 N–H and O–H groups in total. The number of carbonyl (C=O) groups is 2. The minimum Gasteiger partial charge on any atom is -0.484 e. The van der Waals surface area contributed by atoms with Gasteiger partial charge in [0.05, 0.1) is 17.3 Å². The fourth-order valence-electron chi connectivity index (χ4n) is 2.45. The summed E-state index contributed by atoms with van der Waals surface area (Å²) >= 11 is 0. The van der Waals surface area contributed by atoms with Crippen LogP contribution in [0.5, 0.6) is 5.75 Å². The number of hydrogen-bond donors (Lipinski definition) is 2. The van der Waals surface area contributed by atoms with Gasteiger partial charge in [0.2, 0.25) is 0 Å². The maximum Gasteiger partial charge on any atom is 0.291 e. The van der Waals surface area contributed by atoms with Crippen LogP contribution in [0, 0.1) is 10.1 Å². The molecular formula is C20H17N3O6. The maximum absolute atomic E-state index is 12.0. The molecule has 1 heterocycles. The third-order valence-electron chi connectivity index (χ3n) is 3.82. The number of non-ortho nitro benzene ring substituents is 1. The van der Waals surface area contributed by atoms with Crippen molar-refractivity contribution in [2.45, 2.75) is 6.54 Å². The average molecular weight is 395 g/mol. The van der Waals surface area contributed by atoms with Crippen molar-refractivity contribution < 1.29 is 23.7 Å². The number of benzene rings is 2. The number of hydrogen-bond acceptors (Lipinski definition) is 6. The second-order valence-corrected chi connectivity index (χ2v) is 5.95. The van der Waals surface area contributed by atoms with E-state index in [-0.39, 0.29) is 42.2 Å². The highest BCUT2D eigenvalue weighted by atomic mass is 16.6. The molecule has 3 rings (SSSR count). The fourth-order valence-corrected chi connectivity index (χ4v) is 2.45. The zero-order chi connectivity index (χ0) is 20.6. The van der Waals surface area contributed by atoms with Crippen molar-refractivity contribution in [3.63, 3.8) is 0 Å². The van der Waals surface area contributed by atoms with Crippen LogP contribution in [0.2, 0.25) is 0 Å². The third-order valence-corrected chi connectivity index (χ3v) is 3.82. The molecule has 0 bridgehead atoms. The Bertz CT molecular complexity index is 1020. The smallest absolute Gasteiger partial charge is 0.291 e. The summed E-state index contributed by atoms with van der Waals surface area (Å²) in [5.74, 6) is -0.331. The lowest BCUT2D eigenvalue weighted by Crippen LogP contribution is -2.28. The van der Waals surface area contributed by atoms with E-state index in [4.69, 9.17) is 9.15 Å². The van der Waals surface area contributed by atoms with Crippen LogP contribution in [0.3, 0.4) is 0 Å². The molecule has 0 aliphatic carbocycles. The van der Waals surface area contributed by atoms with Gasteiger partial charge < -0.3 is 19.8 Å². The first-order chi connectivity index (χ1) is 14.0. The first-order valence-corrected chi connectivity index (χ1v) is 8.59. The van der Waals surface area contributed by atoms with E-state index < -0.39 is 4.92 Å². The molecule has 1 aromatic heterocycles. The van der Waals surface area contributed by atoms with E-state index in [0.717, 1.165) is 5.56 Å². The SMILES string of the molecule is O=C(COc1cccc([N+](=O)[O-])c1)NCc1cccc(NC(=O)c2ccco2)c1. The zero-order valence-corrected chi connectivity index (χ0v) is 15.2. The molecule has 2 aromatic carbocycles. The van der Waals surface area contributed by atoms with Crippen LogP contribution in [-0.2, 0) is 11.3 Å². The van der Waals surface area contributed by atoms with Crippen molar-refractivity contribution in [3.8, 4) is 5.75 Å². The molecule has 2 amide bonds. The Morgan fingerprint density at radius 1 is 1.07 bits per heavy atom. The van der Waals surface area contributed by atoms with Crippen LogP contribution in [-0.4, -0.2) is 23.3 Å². The molecule has 0 saturated carbocycles. The van der Waals surface area contributed by atoms with Crippen molar-refractivity contribution in [2.75, 3.05) is 11.9 Å². The molecule has 0 spiro atoms. The topological polar surface area (TPSA) is 124 Å². The van der Waals surface area contributed by atoms with Gasteiger partial charge in [-0.2, -0.15) is 0 Å². The van der Waals surface area contributed by atoms with Crippen molar-refractivity contribution in [1.29, 1.82) is 0 Å². The Balaban J connectivity index is 1.49. The van der Waals surface area contributed by atoms with E-state index in [9.17, 15) is 19.7 Å². The lowest BCUT2D eigenvalue weighted by Gasteiger charge is -2.09. The average Bonchev–Trinajstić information content (AvgIpc) is 3.26. The first kappa shape index (κ1) is 19.6. The highest BCUT2D eigenvalue weighted by molar-refractivity contribution is 6.02.